The third-order valence-electron chi connectivity index (χ3n) is 2.26. The molecule has 3 heteroatoms. The van der Waals surface area contributed by atoms with Crippen LogP contribution in [-0.2, 0) is 13.0 Å². The topological polar surface area (TPSA) is 38.0 Å². The van der Waals surface area contributed by atoms with Crippen molar-refractivity contribution in [3.8, 4) is 0 Å². The molecule has 0 spiro atoms. The zero-order valence-electron chi connectivity index (χ0n) is 6.62. The molecule has 1 aromatic heterocycles. The Kier molecular flexibility index (Phi) is 1.46. The van der Waals surface area contributed by atoms with Gasteiger partial charge in [0.2, 0.25) is 0 Å². The largest absolute Gasteiger partial charge is 0.391 e. The van der Waals surface area contributed by atoms with Gasteiger partial charge in [-0.2, -0.15) is 0 Å². The molecule has 0 saturated heterocycles. The van der Waals surface area contributed by atoms with E-state index in [1.54, 1.807) is 0 Å². The third-order valence-corrected chi connectivity index (χ3v) is 2.26. The van der Waals surface area contributed by atoms with Crippen LogP contribution in [0.1, 0.15) is 17.9 Å². The molecule has 0 fully saturated rings. The van der Waals surface area contributed by atoms with Crippen LogP contribution in [0.25, 0.3) is 0 Å². The molecular weight excluding hydrogens is 140 g/mol. The fraction of sp³-hybridized carbons (Fsp3) is 0.625. The Labute approximate surface area is 65.7 Å². The highest BCUT2D eigenvalue weighted by molar-refractivity contribution is 5.07. The van der Waals surface area contributed by atoms with Gasteiger partial charge in [0.25, 0.3) is 0 Å². The highest BCUT2D eigenvalue weighted by Gasteiger charge is 2.17. The molecule has 0 amide bonds. The normalized spacial score (nSPS) is 23.3. The summed E-state index contributed by atoms with van der Waals surface area (Å²) in [6.45, 7) is 2.70. The van der Waals surface area contributed by atoms with Crippen LogP contribution in [0.4, 0.5) is 0 Å². The van der Waals surface area contributed by atoms with Gasteiger partial charge in [-0.25, -0.2) is 4.98 Å². The Morgan fingerprint density at radius 3 is 3.36 bits per heavy atom. The lowest BCUT2D eigenvalue weighted by molar-refractivity contribution is 0.130. The Balaban J connectivity index is 2.37. The van der Waals surface area contributed by atoms with Crippen molar-refractivity contribution in [3.63, 3.8) is 0 Å². The van der Waals surface area contributed by atoms with Crippen molar-refractivity contribution in [1.82, 2.24) is 9.55 Å². The predicted octanol–water partition coefficient (Wildman–Crippen LogP) is 0.499. The fourth-order valence-electron chi connectivity index (χ4n) is 1.58. The second-order valence-corrected chi connectivity index (χ2v) is 3.10. The first kappa shape index (κ1) is 6.85. The molecule has 0 saturated carbocycles. The standard InChI is InChI=1S/C8H12N2O/c1-6-9-4-7-2-3-8(11)5-10(6)7/h4,8,11H,2-3,5H2,1H3. The summed E-state index contributed by atoms with van der Waals surface area (Å²) in [6.07, 6.45) is 3.57. The van der Waals surface area contributed by atoms with Crippen LogP contribution >= 0.6 is 0 Å². The monoisotopic (exact) mass is 152 g/mol. The van der Waals surface area contributed by atoms with E-state index in [0.29, 0.717) is 0 Å². The Hall–Kier alpha value is -0.830. The summed E-state index contributed by atoms with van der Waals surface area (Å²) in [6, 6.07) is 0. The molecular formula is C8H12N2O. The molecule has 0 radical (unpaired) electrons. The van der Waals surface area contributed by atoms with Crippen LogP contribution in [0.3, 0.4) is 0 Å². The lowest BCUT2D eigenvalue weighted by atomic mass is 10.1. The van der Waals surface area contributed by atoms with Gasteiger partial charge in [-0.3, -0.25) is 0 Å². The van der Waals surface area contributed by atoms with Crippen molar-refractivity contribution in [3.05, 3.63) is 17.7 Å². The van der Waals surface area contributed by atoms with Crippen LogP contribution in [0.2, 0.25) is 0 Å². The molecule has 1 N–H and O–H groups in total. The zero-order chi connectivity index (χ0) is 7.84. The van der Waals surface area contributed by atoms with Gasteiger partial charge in [0.1, 0.15) is 5.82 Å². The number of imidazole rings is 1. The van der Waals surface area contributed by atoms with Crippen molar-refractivity contribution >= 4 is 0 Å². The van der Waals surface area contributed by atoms with Gasteiger partial charge in [-0.15, -0.1) is 0 Å². The van der Waals surface area contributed by atoms with Gasteiger partial charge in [0.15, 0.2) is 0 Å². The summed E-state index contributed by atoms with van der Waals surface area (Å²) >= 11 is 0. The SMILES string of the molecule is Cc1ncc2n1CC(O)CC2. The van der Waals surface area contributed by atoms with E-state index in [1.165, 1.54) is 5.69 Å². The Morgan fingerprint density at radius 2 is 2.55 bits per heavy atom. The smallest absolute Gasteiger partial charge is 0.105 e. The van der Waals surface area contributed by atoms with E-state index in [-0.39, 0.29) is 6.10 Å². The number of hydrogen-bond donors (Lipinski definition) is 1. The van der Waals surface area contributed by atoms with E-state index >= 15 is 0 Å². The maximum absolute atomic E-state index is 9.35. The van der Waals surface area contributed by atoms with Gasteiger partial charge >= 0.3 is 0 Å². The first-order valence-electron chi connectivity index (χ1n) is 3.96. The van der Waals surface area contributed by atoms with Crippen LogP contribution in [0.5, 0.6) is 0 Å². The van der Waals surface area contributed by atoms with E-state index in [1.807, 2.05) is 13.1 Å². The highest BCUT2D eigenvalue weighted by Crippen LogP contribution is 2.15. The maximum Gasteiger partial charge on any atom is 0.105 e. The number of fused-ring (bicyclic) bond motifs is 1. The molecule has 1 aromatic rings. The van der Waals surface area contributed by atoms with Gasteiger partial charge < -0.3 is 9.67 Å². The predicted molar refractivity (Wildman–Crippen MR) is 41.3 cm³/mol. The van der Waals surface area contributed by atoms with E-state index in [2.05, 4.69) is 9.55 Å². The Morgan fingerprint density at radius 1 is 1.73 bits per heavy atom. The van der Waals surface area contributed by atoms with Crippen molar-refractivity contribution < 1.29 is 5.11 Å². The van der Waals surface area contributed by atoms with E-state index in [4.69, 9.17) is 0 Å². The second-order valence-electron chi connectivity index (χ2n) is 3.10. The van der Waals surface area contributed by atoms with Crippen molar-refractivity contribution in [2.75, 3.05) is 0 Å². The molecule has 1 aliphatic rings. The molecule has 0 aliphatic carbocycles. The molecule has 2 rings (SSSR count). The summed E-state index contributed by atoms with van der Waals surface area (Å²) in [7, 11) is 0. The number of aryl methyl sites for hydroxylation is 2. The third kappa shape index (κ3) is 1.05. The molecule has 11 heavy (non-hydrogen) atoms. The van der Waals surface area contributed by atoms with Gasteiger partial charge in [0.05, 0.1) is 12.6 Å². The average molecular weight is 152 g/mol. The quantitative estimate of drug-likeness (QED) is 0.587. The van der Waals surface area contributed by atoms with E-state index in [9.17, 15) is 5.11 Å². The molecule has 2 heterocycles. The van der Waals surface area contributed by atoms with E-state index in [0.717, 1.165) is 25.2 Å². The van der Waals surface area contributed by atoms with Crippen molar-refractivity contribution in [2.45, 2.75) is 32.4 Å². The molecule has 0 aromatic carbocycles. The van der Waals surface area contributed by atoms with Crippen LogP contribution in [0.15, 0.2) is 6.20 Å². The number of hydrogen-bond acceptors (Lipinski definition) is 2. The van der Waals surface area contributed by atoms with Gasteiger partial charge in [0, 0.05) is 11.9 Å². The average Bonchev–Trinajstić information content (AvgIpc) is 2.33. The molecule has 3 nitrogen and oxygen atoms in total. The number of nitrogens with zero attached hydrogens (tertiary/aromatic N) is 2. The number of aliphatic hydroxyl groups is 1. The van der Waals surface area contributed by atoms with Crippen molar-refractivity contribution in [1.29, 1.82) is 0 Å². The maximum atomic E-state index is 9.35. The minimum atomic E-state index is -0.171. The number of aromatic nitrogens is 2. The molecule has 1 atom stereocenters. The summed E-state index contributed by atoms with van der Waals surface area (Å²) in [5.74, 6) is 1.01. The highest BCUT2D eigenvalue weighted by atomic mass is 16.3. The minimum Gasteiger partial charge on any atom is -0.391 e. The molecule has 1 unspecified atom stereocenters. The summed E-state index contributed by atoms with van der Waals surface area (Å²) in [4.78, 5) is 4.18. The Bertz CT molecular complexity index is 267. The lowest BCUT2D eigenvalue weighted by Crippen LogP contribution is -2.24. The van der Waals surface area contributed by atoms with Crippen molar-refractivity contribution in [2.24, 2.45) is 0 Å². The summed E-state index contributed by atoms with van der Waals surface area (Å²) in [5, 5.41) is 9.35. The summed E-state index contributed by atoms with van der Waals surface area (Å²) in [5.41, 5.74) is 1.26. The number of rotatable bonds is 0. The van der Waals surface area contributed by atoms with Crippen LogP contribution in [-0.4, -0.2) is 20.8 Å². The second kappa shape index (κ2) is 2.34. The van der Waals surface area contributed by atoms with Gasteiger partial charge in [-0.1, -0.05) is 0 Å². The minimum absolute atomic E-state index is 0.171. The first-order chi connectivity index (χ1) is 5.27. The molecule has 1 aliphatic heterocycles. The van der Waals surface area contributed by atoms with Crippen LogP contribution < -0.4 is 0 Å². The number of aliphatic hydroxyl groups excluding tert-OH is 1. The van der Waals surface area contributed by atoms with Crippen LogP contribution in [0, 0.1) is 6.92 Å². The zero-order valence-corrected chi connectivity index (χ0v) is 6.62. The fourth-order valence-corrected chi connectivity index (χ4v) is 1.58. The van der Waals surface area contributed by atoms with E-state index < -0.39 is 0 Å². The lowest BCUT2D eigenvalue weighted by Gasteiger charge is -2.20. The first-order valence-corrected chi connectivity index (χ1v) is 3.96. The molecule has 0 bridgehead atoms. The summed E-state index contributed by atoms with van der Waals surface area (Å²) < 4.78 is 2.09. The molecule has 60 valence electrons. The van der Waals surface area contributed by atoms with Gasteiger partial charge in [-0.05, 0) is 19.8 Å².